The molecule has 7 heteroatoms. The average molecular weight is 288 g/mol. The quantitative estimate of drug-likeness (QED) is 0.740. The molecule has 0 saturated carbocycles. The number of hydrogen-bond acceptors (Lipinski definition) is 5. The van der Waals surface area contributed by atoms with Crippen molar-refractivity contribution in [1.29, 1.82) is 0 Å². The van der Waals surface area contributed by atoms with E-state index in [9.17, 15) is 9.59 Å². The lowest BCUT2D eigenvalue weighted by atomic mass is 10.3. The summed E-state index contributed by atoms with van der Waals surface area (Å²) >= 11 is 3.14. The largest absolute Gasteiger partial charge is 0.480 e. The summed E-state index contributed by atoms with van der Waals surface area (Å²) in [5.74, 6) is -0.105. The molecule has 0 aromatic carbocycles. The van der Waals surface area contributed by atoms with Crippen LogP contribution in [-0.4, -0.2) is 39.5 Å². The Morgan fingerprint density at radius 1 is 1.61 bits per heavy atom. The Morgan fingerprint density at radius 3 is 2.83 bits per heavy atom. The molecule has 2 N–H and O–H groups in total. The SMILES string of the molecule is CC(=O)NC(CSCCc1scnc1C)C(=O)O. The number of carbonyl (C=O) groups excluding carboxylic acids is 1. The molecule has 5 nitrogen and oxygen atoms in total. The molecule has 0 aliphatic carbocycles. The van der Waals surface area contributed by atoms with Crippen molar-refractivity contribution in [2.24, 2.45) is 0 Å². The molecule has 1 heterocycles. The number of carbonyl (C=O) groups is 2. The molecule has 18 heavy (non-hydrogen) atoms. The number of aryl methyl sites for hydroxylation is 2. The number of aromatic nitrogens is 1. The maximum Gasteiger partial charge on any atom is 0.327 e. The van der Waals surface area contributed by atoms with Crippen molar-refractivity contribution in [1.82, 2.24) is 10.3 Å². The molecular weight excluding hydrogens is 272 g/mol. The molecule has 0 radical (unpaired) electrons. The molecule has 1 amide bonds. The molecule has 1 aromatic heterocycles. The zero-order valence-electron chi connectivity index (χ0n) is 10.3. The maximum absolute atomic E-state index is 10.9. The number of nitrogens with one attached hydrogen (secondary N) is 1. The number of carboxylic acid groups (broad SMARTS) is 1. The highest BCUT2D eigenvalue weighted by atomic mass is 32.2. The summed E-state index contributed by atoms with van der Waals surface area (Å²) in [6, 6.07) is -0.810. The molecule has 0 fully saturated rings. The van der Waals surface area contributed by atoms with Gasteiger partial charge in [-0.05, 0) is 19.1 Å². The second-order valence-electron chi connectivity index (χ2n) is 3.78. The van der Waals surface area contributed by atoms with Gasteiger partial charge in [0, 0.05) is 17.6 Å². The molecule has 0 spiro atoms. The van der Waals surface area contributed by atoms with Gasteiger partial charge in [0.15, 0.2) is 0 Å². The van der Waals surface area contributed by atoms with Gasteiger partial charge < -0.3 is 10.4 Å². The van der Waals surface area contributed by atoms with Crippen molar-refractivity contribution in [2.45, 2.75) is 26.3 Å². The van der Waals surface area contributed by atoms with Crippen LogP contribution in [0.4, 0.5) is 0 Å². The van der Waals surface area contributed by atoms with Crippen LogP contribution in [0.1, 0.15) is 17.5 Å². The second-order valence-corrected chi connectivity index (χ2v) is 5.87. The third-order valence-corrected chi connectivity index (χ3v) is 4.34. The first-order valence-electron chi connectivity index (χ1n) is 5.47. The van der Waals surface area contributed by atoms with Crippen molar-refractivity contribution in [3.63, 3.8) is 0 Å². The highest BCUT2D eigenvalue weighted by Crippen LogP contribution is 2.15. The number of nitrogens with zero attached hydrogens (tertiary/aromatic N) is 1. The van der Waals surface area contributed by atoms with Crippen molar-refractivity contribution >= 4 is 35.0 Å². The molecule has 1 unspecified atom stereocenters. The van der Waals surface area contributed by atoms with E-state index < -0.39 is 12.0 Å². The topological polar surface area (TPSA) is 79.3 Å². The van der Waals surface area contributed by atoms with Crippen LogP contribution in [0.25, 0.3) is 0 Å². The van der Waals surface area contributed by atoms with Crippen molar-refractivity contribution in [2.75, 3.05) is 11.5 Å². The Labute approximate surface area is 114 Å². The van der Waals surface area contributed by atoms with E-state index in [4.69, 9.17) is 5.11 Å². The van der Waals surface area contributed by atoms with Gasteiger partial charge >= 0.3 is 5.97 Å². The third-order valence-electron chi connectivity index (χ3n) is 2.28. The molecule has 1 rings (SSSR count). The van der Waals surface area contributed by atoms with Gasteiger partial charge in [0.2, 0.25) is 5.91 Å². The van der Waals surface area contributed by atoms with E-state index in [0.29, 0.717) is 5.75 Å². The van der Waals surface area contributed by atoms with Crippen molar-refractivity contribution in [3.05, 3.63) is 16.1 Å². The number of thiazole rings is 1. The van der Waals surface area contributed by atoms with Crippen LogP contribution in [0.5, 0.6) is 0 Å². The summed E-state index contributed by atoms with van der Waals surface area (Å²) in [5, 5.41) is 11.3. The summed E-state index contributed by atoms with van der Waals surface area (Å²) in [6.07, 6.45) is 0.883. The van der Waals surface area contributed by atoms with Crippen molar-refractivity contribution < 1.29 is 14.7 Å². The van der Waals surface area contributed by atoms with Crippen LogP contribution in [0, 0.1) is 6.92 Å². The Bertz CT molecular complexity index is 420. The zero-order valence-corrected chi connectivity index (χ0v) is 11.9. The predicted octanol–water partition coefficient (Wildman–Crippen LogP) is 1.32. The number of amides is 1. The van der Waals surface area contributed by atoms with Gasteiger partial charge in [-0.2, -0.15) is 11.8 Å². The van der Waals surface area contributed by atoms with Crippen molar-refractivity contribution in [3.8, 4) is 0 Å². The van der Waals surface area contributed by atoms with E-state index in [1.807, 2.05) is 12.4 Å². The number of hydrogen-bond donors (Lipinski definition) is 2. The fourth-order valence-electron chi connectivity index (χ4n) is 1.35. The molecule has 1 atom stereocenters. The first-order valence-corrected chi connectivity index (χ1v) is 7.50. The lowest BCUT2D eigenvalue weighted by Crippen LogP contribution is -2.41. The standard InChI is InChI=1S/C11H16N2O3S2/c1-7-10(18-6-12-7)3-4-17-5-9(11(15)16)13-8(2)14/h6,9H,3-5H2,1-2H3,(H,13,14)(H,15,16). The van der Waals surface area contributed by atoms with E-state index in [2.05, 4.69) is 10.3 Å². The minimum atomic E-state index is -0.994. The van der Waals surface area contributed by atoms with Crippen LogP contribution in [0.2, 0.25) is 0 Å². The predicted molar refractivity (Wildman–Crippen MR) is 73.1 cm³/mol. The highest BCUT2D eigenvalue weighted by molar-refractivity contribution is 7.99. The van der Waals surface area contributed by atoms with Crippen LogP contribution in [-0.2, 0) is 16.0 Å². The molecule has 100 valence electrons. The minimum Gasteiger partial charge on any atom is -0.480 e. The summed E-state index contributed by atoms with van der Waals surface area (Å²) in [5.41, 5.74) is 2.85. The first kappa shape index (κ1) is 15.0. The van der Waals surface area contributed by atoms with E-state index in [1.54, 1.807) is 11.3 Å². The van der Waals surface area contributed by atoms with Crippen LogP contribution in [0.3, 0.4) is 0 Å². The van der Waals surface area contributed by atoms with Gasteiger partial charge in [0.1, 0.15) is 6.04 Å². The van der Waals surface area contributed by atoms with Crippen LogP contribution >= 0.6 is 23.1 Å². The summed E-state index contributed by atoms with van der Waals surface area (Å²) in [4.78, 5) is 27.1. The molecule has 0 aliphatic heterocycles. The zero-order chi connectivity index (χ0) is 13.5. The maximum atomic E-state index is 10.9. The van der Waals surface area contributed by atoms with Gasteiger partial charge in [-0.15, -0.1) is 11.3 Å². The Hall–Kier alpha value is -1.08. The summed E-state index contributed by atoms with van der Waals surface area (Å²) in [7, 11) is 0. The molecule has 0 aliphatic rings. The number of thioether (sulfide) groups is 1. The van der Waals surface area contributed by atoms with Gasteiger partial charge in [0.25, 0.3) is 0 Å². The number of carboxylic acids is 1. The Morgan fingerprint density at radius 2 is 2.33 bits per heavy atom. The lowest BCUT2D eigenvalue weighted by Gasteiger charge is -2.12. The molecule has 0 saturated heterocycles. The van der Waals surface area contributed by atoms with E-state index >= 15 is 0 Å². The normalized spacial score (nSPS) is 12.1. The van der Waals surface area contributed by atoms with E-state index in [0.717, 1.165) is 17.9 Å². The molecular formula is C11H16N2O3S2. The highest BCUT2D eigenvalue weighted by Gasteiger charge is 2.17. The molecule has 1 aromatic rings. The van der Waals surface area contributed by atoms with Gasteiger partial charge in [0.05, 0.1) is 11.2 Å². The fourth-order valence-corrected chi connectivity index (χ4v) is 3.24. The summed E-state index contributed by atoms with van der Waals surface area (Å²) < 4.78 is 0. The van der Waals surface area contributed by atoms with Gasteiger partial charge in [-0.3, -0.25) is 4.79 Å². The monoisotopic (exact) mass is 288 g/mol. The first-order chi connectivity index (χ1) is 8.50. The van der Waals surface area contributed by atoms with E-state index in [1.165, 1.54) is 23.6 Å². The third kappa shape index (κ3) is 5.05. The van der Waals surface area contributed by atoms with Gasteiger partial charge in [-0.25, -0.2) is 9.78 Å². The van der Waals surface area contributed by atoms with Crippen LogP contribution in [0.15, 0.2) is 5.51 Å². The second kappa shape index (κ2) is 7.38. The summed E-state index contributed by atoms with van der Waals surface area (Å²) in [6.45, 7) is 3.29. The van der Waals surface area contributed by atoms with E-state index in [-0.39, 0.29) is 5.91 Å². The number of aliphatic carboxylic acids is 1. The lowest BCUT2D eigenvalue weighted by molar-refractivity contribution is -0.140. The Balaban J connectivity index is 2.29. The Kier molecular flexibility index (Phi) is 6.14. The smallest absolute Gasteiger partial charge is 0.327 e. The van der Waals surface area contributed by atoms with Crippen LogP contribution < -0.4 is 5.32 Å². The minimum absolute atomic E-state index is 0.318. The number of rotatable bonds is 7. The van der Waals surface area contributed by atoms with Gasteiger partial charge in [-0.1, -0.05) is 0 Å². The fraction of sp³-hybridized carbons (Fsp3) is 0.545. The molecule has 0 bridgehead atoms. The average Bonchev–Trinajstić information content (AvgIpc) is 2.68.